The van der Waals surface area contributed by atoms with Crippen molar-refractivity contribution in [1.29, 1.82) is 0 Å². The van der Waals surface area contributed by atoms with Crippen LogP contribution in [0.15, 0.2) is 18.2 Å². The van der Waals surface area contributed by atoms with Gasteiger partial charge in [-0.05, 0) is 43.2 Å². The predicted octanol–water partition coefficient (Wildman–Crippen LogP) is 3.90. The van der Waals surface area contributed by atoms with Gasteiger partial charge in [-0.15, -0.1) is 0 Å². The number of nitrogens with two attached hydrogens (primary N) is 1. The molecule has 0 spiro atoms. The lowest BCUT2D eigenvalue weighted by molar-refractivity contribution is 0.197. The second-order valence-corrected chi connectivity index (χ2v) is 6.37. The highest BCUT2D eigenvalue weighted by Gasteiger charge is 2.29. The van der Waals surface area contributed by atoms with Crippen molar-refractivity contribution in [2.75, 3.05) is 5.73 Å². The molecule has 1 aromatic carbocycles. The molecule has 1 aromatic heterocycles. The molecular formula is C15H20FN3. The molecule has 102 valence electrons. The van der Waals surface area contributed by atoms with E-state index in [0.29, 0.717) is 22.9 Å². The zero-order chi connectivity index (χ0) is 13.6. The van der Waals surface area contributed by atoms with E-state index in [-0.39, 0.29) is 5.82 Å². The van der Waals surface area contributed by atoms with Gasteiger partial charge in [0.2, 0.25) is 5.95 Å². The van der Waals surface area contributed by atoms with Gasteiger partial charge >= 0.3 is 0 Å². The number of aromatic nitrogens is 2. The molecule has 2 aromatic rings. The highest BCUT2D eigenvalue weighted by Crippen LogP contribution is 2.41. The molecule has 3 nitrogen and oxygen atoms in total. The maximum Gasteiger partial charge on any atom is 0.201 e. The molecule has 3 rings (SSSR count). The Morgan fingerprint density at radius 2 is 2.00 bits per heavy atom. The first-order valence-electron chi connectivity index (χ1n) is 6.89. The van der Waals surface area contributed by atoms with E-state index in [1.165, 1.54) is 25.0 Å². The Balaban J connectivity index is 1.99. The van der Waals surface area contributed by atoms with Crippen molar-refractivity contribution in [3.05, 3.63) is 24.0 Å². The van der Waals surface area contributed by atoms with Gasteiger partial charge in [0, 0.05) is 12.1 Å². The maximum absolute atomic E-state index is 13.2. The quantitative estimate of drug-likeness (QED) is 0.846. The molecule has 19 heavy (non-hydrogen) atoms. The number of fused-ring (bicyclic) bond motifs is 1. The van der Waals surface area contributed by atoms with Gasteiger partial charge in [-0.2, -0.15) is 0 Å². The summed E-state index contributed by atoms with van der Waals surface area (Å²) in [6, 6.07) is 5.11. The second kappa shape index (κ2) is 4.22. The summed E-state index contributed by atoms with van der Waals surface area (Å²) in [5, 5.41) is 0. The zero-order valence-electron chi connectivity index (χ0n) is 11.5. The van der Waals surface area contributed by atoms with Gasteiger partial charge in [0.05, 0.1) is 11.0 Å². The van der Waals surface area contributed by atoms with Crippen molar-refractivity contribution in [1.82, 2.24) is 9.55 Å². The Morgan fingerprint density at radius 3 is 2.68 bits per heavy atom. The fourth-order valence-electron chi connectivity index (χ4n) is 3.12. The minimum atomic E-state index is -0.262. The molecule has 0 unspecified atom stereocenters. The van der Waals surface area contributed by atoms with Crippen molar-refractivity contribution < 1.29 is 4.39 Å². The van der Waals surface area contributed by atoms with Crippen LogP contribution in [0, 0.1) is 11.2 Å². The average molecular weight is 261 g/mol. The molecule has 1 aliphatic carbocycles. The van der Waals surface area contributed by atoms with Crippen LogP contribution in [0.3, 0.4) is 0 Å². The van der Waals surface area contributed by atoms with E-state index in [9.17, 15) is 4.39 Å². The predicted molar refractivity (Wildman–Crippen MR) is 75.4 cm³/mol. The van der Waals surface area contributed by atoms with Gasteiger partial charge in [-0.1, -0.05) is 13.8 Å². The van der Waals surface area contributed by atoms with E-state index >= 15 is 0 Å². The fourth-order valence-corrected chi connectivity index (χ4v) is 3.12. The Morgan fingerprint density at radius 1 is 1.32 bits per heavy atom. The normalized spacial score (nSPS) is 19.9. The lowest BCUT2D eigenvalue weighted by Crippen LogP contribution is -2.24. The van der Waals surface area contributed by atoms with Crippen LogP contribution in [0.5, 0.6) is 0 Å². The molecule has 0 saturated heterocycles. The first-order valence-corrected chi connectivity index (χ1v) is 6.89. The van der Waals surface area contributed by atoms with Crippen LogP contribution >= 0.6 is 0 Å². The monoisotopic (exact) mass is 261 g/mol. The topological polar surface area (TPSA) is 43.8 Å². The van der Waals surface area contributed by atoms with Gasteiger partial charge in [-0.3, -0.25) is 0 Å². The van der Waals surface area contributed by atoms with Crippen molar-refractivity contribution >= 4 is 17.0 Å². The minimum absolute atomic E-state index is 0.262. The lowest BCUT2D eigenvalue weighted by atomic mass is 9.75. The summed E-state index contributed by atoms with van der Waals surface area (Å²) in [7, 11) is 0. The third-order valence-electron chi connectivity index (χ3n) is 4.35. The van der Waals surface area contributed by atoms with Crippen molar-refractivity contribution in [2.45, 2.75) is 45.6 Å². The number of hydrogen-bond acceptors (Lipinski definition) is 2. The number of nitrogens with zero attached hydrogens (tertiary/aromatic N) is 2. The van der Waals surface area contributed by atoms with Crippen LogP contribution in [-0.2, 0) is 0 Å². The van der Waals surface area contributed by atoms with E-state index in [0.717, 1.165) is 18.4 Å². The standard InChI is InChI=1S/C15H20FN3/c1-15(2)7-5-11(6-8-15)19-13-4-3-10(16)9-12(13)18-14(19)17/h3-4,9,11H,5-8H2,1-2H3,(H2,17,18). The van der Waals surface area contributed by atoms with Gasteiger partial charge in [0.25, 0.3) is 0 Å². The molecular weight excluding hydrogens is 241 g/mol. The van der Waals surface area contributed by atoms with Crippen molar-refractivity contribution in [3.63, 3.8) is 0 Å². The molecule has 1 heterocycles. The first-order chi connectivity index (χ1) is 8.96. The van der Waals surface area contributed by atoms with Crippen molar-refractivity contribution in [3.8, 4) is 0 Å². The van der Waals surface area contributed by atoms with Crippen LogP contribution in [0.25, 0.3) is 11.0 Å². The van der Waals surface area contributed by atoms with Gasteiger partial charge < -0.3 is 10.3 Å². The molecule has 1 fully saturated rings. The maximum atomic E-state index is 13.2. The zero-order valence-corrected chi connectivity index (χ0v) is 11.5. The SMILES string of the molecule is CC1(C)CCC(n2c(N)nc3cc(F)ccc32)CC1. The molecule has 0 bridgehead atoms. The van der Waals surface area contributed by atoms with Crippen LogP contribution in [-0.4, -0.2) is 9.55 Å². The molecule has 0 aliphatic heterocycles. The van der Waals surface area contributed by atoms with Crippen LogP contribution in [0.4, 0.5) is 10.3 Å². The smallest absolute Gasteiger partial charge is 0.201 e. The van der Waals surface area contributed by atoms with E-state index in [4.69, 9.17) is 5.73 Å². The summed E-state index contributed by atoms with van der Waals surface area (Å²) in [6.07, 6.45) is 4.61. The summed E-state index contributed by atoms with van der Waals surface area (Å²) in [6.45, 7) is 4.63. The van der Waals surface area contributed by atoms with E-state index in [1.807, 2.05) is 0 Å². The molecule has 1 saturated carbocycles. The molecule has 1 aliphatic rings. The van der Waals surface area contributed by atoms with E-state index < -0.39 is 0 Å². The number of benzene rings is 1. The third kappa shape index (κ3) is 2.20. The summed E-state index contributed by atoms with van der Waals surface area (Å²) in [4.78, 5) is 4.29. The Bertz CT molecular complexity index is 605. The Labute approximate surface area is 112 Å². The second-order valence-electron chi connectivity index (χ2n) is 6.37. The van der Waals surface area contributed by atoms with Gasteiger partial charge in [0.1, 0.15) is 5.82 Å². The highest BCUT2D eigenvalue weighted by molar-refractivity contribution is 5.78. The fraction of sp³-hybridized carbons (Fsp3) is 0.533. The molecule has 4 heteroatoms. The Kier molecular flexibility index (Phi) is 2.77. The number of nitrogen functional groups attached to an aromatic ring is 1. The summed E-state index contributed by atoms with van der Waals surface area (Å²) in [5.41, 5.74) is 8.06. The summed E-state index contributed by atoms with van der Waals surface area (Å²) >= 11 is 0. The Hall–Kier alpha value is -1.58. The number of anilines is 1. The molecule has 0 amide bonds. The van der Waals surface area contributed by atoms with Crippen LogP contribution < -0.4 is 5.73 Å². The lowest BCUT2D eigenvalue weighted by Gasteiger charge is -2.35. The average Bonchev–Trinajstić information content (AvgIpc) is 2.65. The number of imidazole rings is 1. The van der Waals surface area contributed by atoms with Crippen LogP contribution in [0.2, 0.25) is 0 Å². The molecule has 0 atom stereocenters. The van der Waals surface area contributed by atoms with Crippen molar-refractivity contribution in [2.24, 2.45) is 5.41 Å². The number of halogens is 1. The number of hydrogen-bond donors (Lipinski definition) is 1. The van der Waals surface area contributed by atoms with E-state index in [2.05, 4.69) is 23.4 Å². The molecule has 2 N–H and O–H groups in total. The molecule has 0 radical (unpaired) electrons. The highest BCUT2D eigenvalue weighted by atomic mass is 19.1. The van der Waals surface area contributed by atoms with Gasteiger partial charge in [0.15, 0.2) is 0 Å². The van der Waals surface area contributed by atoms with Crippen LogP contribution in [0.1, 0.15) is 45.6 Å². The van der Waals surface area contributed by atoms with E-state index in [1.54, 1.807) is 6.07 Å². The summed E-state index contributed by atoms with van der Waals surface area (Å²) < 4.78 is 15.3. The third-order valence-corrected chi connectivity index (χ3v) is 4.35. The minimum Gasteiger partial charge on any atom is -0.369 e. The summed E-state index contributed by atoms with van der Waals surface area (Å²) in [5.74, 6) is 0.243. The largest absolute Gasteiger partial charge is 0.369 e. The number of rotatable bonds is 1. The first kappa shape index (κ1) is 12.5. The van der Waals surface area contributed by atoms with Gasteiger partial charge in [-0.25, -0.2) is 9.37 Å².